The molecule has 0 unspecified atom stereocenters. The molecular formula is C21H23N5O4. The first-order valence-corrected chi connectivity index (χ1v) is 9.52. The van der Waals surface area contributed by atoms with E-state index in [2.05, 4.69) is 24.8 Å². The lowest BCUT2D eigenvalue weighted by atomic mass is 10.1. The lowest BCUT2D eigenvalue weighted by Crippen LogP contribution is -2.35. The summed E-state index contributed by atoms with van der Waals surface area (Å²) in [6.45, 7) is 1.93. The van der Waals surface area contributed by atoms with E-state index in [1.165, 1.54) is 0 Å². The van der Waals surface area contributed by atoms with E-state index in [4.69, 9.17) is 14.2 Å². The Hall–Kier alpha value is -3.46. The average Bonchev–Trinajstić information content (AvgIpc) is 2.79. The topological polar surface area (TPSA) is 102 Å². The molecule has 4 rings (SSSR count). The van der Waals surface area contributed by atoms with Crippen molar-refractivity contribution >= 4 is 0 Å². The second-order valence-electron chi connectivity index (χ2n) is 6.92. The minimum absolute atomic E-state index is 0.143. The number of hydrogen-bond acceptors (Lipinski definition) is 8. The maximum atomic E-state index is 12.7. The van der Waals surface area contributed by atoms with Crippen molar-refractivity contribution in [2.75, 3.05) is 27.9 Å². The minimum atomic E-state index is -0.143. The zero-order valence-electron chi connectivity index (χ0n) is 17.1. The van der Waals surface area contributed by atoms with Crippen LogP contribution in [0.5, 0.6) is 17.2 Å². The first kappa shape index (κ1) is 19.8. The van der Waals surface area contributed by atoms with Gasteiger partial charge in [-0.15, -0.1) is 0 Å². The molecule has 9 nitrogen and oxygen atoms in total. The van der Waals surface area contributed by atoms with Gasteiger partial charge in [0.05, 0.1) is 38.8 Å². The highest BCUT2D eigenvalue weighted by molar-refractivity contribution is 5.54. The summed E-state index contributed by atoms with van der Waals surface area (Å²) >= 11 is 0. The van der Waals surface area contributed by atoms with E-state index in [9.17, 15) is 4.79 Å². The number of methoxy groups -OCH3 is 3. The first-order valence-electron chi connectivity index (χ1n) is 9.52. The molecule has 0 bridgehead atoms. The summed E-state index contributed by atoms with van der Waals surface area (Å²) in [6, 6.07) is 3.85. The first-order chi connectivity index (χ1) is 14.6. The Balaban J connectivity index is 1.58. The molecule has 156 valence electrons. The Labute approximate surface area is 173 Å². The van der Waals surface area contributed by atoms with Crippen molar-refractivity contribution in [1.29, 1.82) is 0 Å². The van der Waals surface area contributed by atoms with Crippen LogP contribution in [0.15, 0.2) is 35.5 Å². The van der Waals surface area contributed by atoms with Gasteiger partial charge in [-0.2, -0.15) is 0 Å². The number of ether oxygens (including phenoxy) is 3. The number of aromatic nitrogens is 4. The van der Waals surface area contributed by atoms with Crippen LogP contribution in [0.1, 0.15) is 16.8 Å². The van der Waals surface area contributed by atoms with Gasteiger partial charge in [0.2, 0.25) is 5.75 Å². The molecule has 3 heterocycles. The Morgan fingerprint density at radius 2 is 1.87 bits per heavy atom. The third kappa shape index (κ3) is 3.84. The normalized spacial score (nSPS) is 13.6. The van der Waals surface area contributed by atoms with Crippen molar-refractivity contribution in [3.05, 3.63) is 57.9 Å². The summed E-state index contributed by atoms with van der Waals surface area (Å²) in [6.07, 6.45) is 5.43. The molecule has 0 spiro atoms. The number of rotatable bonds is 6. The lowest BCUT2D eigenvalue weighted by molar-refractivity contribution is 0.240. The molecule has 30 heavy (non-hydrogen) atoms. The SMILES string of the molecule is COc1cc(CN2CCc3nc(-c4cnccn4)[nH]c(=O)c3C2)cc(OC)c1OC. The van der Waals surface area contributed by atoms with Crippen LogP contribution in [0.3, 0.4) is 0 Å². The molecule has 0 aliphatic carbocycles. The quantitative estimate of drug-likeness (QED) is 0.658. The summed E-state index contributed by atoms with van der Waals surface area (Å²) in [5.74, 6) is 2.23. The Morgan fingerprint density at radius 1 is 1.10 bits per heavy atom. The van der Waals surface area contributed by atoms with Crippen LogP contribution in [-0.2, 0) is 19.5 Å². The fraction of sp³-hybridized carbons (Fsp3) is 0.333. The molecule has 1 N–H and O–H groups in total. The van der Waals surface area contributed by atoms with Crippen LogP contribution >= 0.6 is 0 Å². The van der Waals surface area contributed by atoms with Crippen LogP contribution in [0.4, 0.5) is 0 Å². The molecule has 2 aromatic heterocycles. The van der Waals surface area contributed by atoms with Gasteiger partial charge in [-0.25, -0.2) is 9.97 Å². The molecule has 0 saturated heterocycles. The van der Waals surface area contributed by atoms with Crippen molar-refractivity contribution in [1.82, 2.24) is 24.8 Å². The minimum Gasteiger partial charge on any atom is -0.493 e. The largest absolute Gasteiger partial charge is 0.493 e. The van der Waals surface area contributed by atoms with E-state index >= 15 is 0 Å². The van der Waals surface area contributed by atoms with Crippen LogP contribution < -0.4 is 19.8 Å². The molecular weight excluding hydrogens is 386 g/mol. The maximum absolute atomic E-state index is 12.7. The molecule has 0 atom stereocenters. The molecule has 0 saturated carbocycles. The van der Waals surface area contributed by atoms with Gasteiger partial charge in [0, 0.05) is 38.4 Å². The second-order valence-corrected chi connectivity index (χ2v) is 6.92. The molecule has 0 fully saturated rings. The predicted octanol–water partition coefficient (Wildman–Crippen LogP) is 1.81. The van der Waals surface area contributed by atoms with Crippen LogP contribution in [0.2, 0.25) is 0 Å². The maximum Gasteiger partial charge on any atom is 0.255 e. The number of nitrogens with zero attached hydrogens (tertiary/aromatic N) is 4. The molecule has 0 amide bonds. The van der Waals surface area contributed by atoms with Crippen molar-refractivity contribution in [2.24, 2.45) is 0 Å². The molecule has 1 aliphatic rings. The fourth-order valence-electron chi connectivity index (χ4n) is 3.64. The van der Waals surface area contributed by atoms with Gasteiger partial charge in [-0.3, -0.25) is 14.7 Å². The third-order valence-corrected chi connectivity index (χ3v) is 5.08. The zero-order valence-corrected chi connectivity index (χ0v) is 17.1. The summed E-state index contributed by atoms with van der Waals surface area (Å²) in [4.78, 5) is 30.6. The van der Waals surface area contributed by atoms with Gasteiger partial charge < -0.3 is 19.2 Å². The highest BCUT2D eigenvalue weighted by Crippen LogP contribution is 2.38. The van der Waals surface area contributed by atoms with Crippen LogP contribution in [0, 0.1) is 0 Å². The summed E-state index contributed by atoms with van der Waals surface area (Å²) in [7, 11) is 4.77. The Morgan fingerprint density at radius 3 is 2.50 bits per heavy atom. The standard InChI is InChI=1S/C21H23N5O4/c1-28-17-8-13(9-18(29-2)19(17)30-3)11-26-7-4-15-14(12-26)21(27)25-20(24-15)16-10-22-5-6-23-16/h5-6,8-10H,4,7,11-12H2,1-3H3,(H,24,25,27). The van der Waals surface area contributed by atoms with Crippen LogP contribution in [-0.4, -0.2) is 52.7 Å². The number of hydrogen-bond donors (Lipinski definition) is 1. The summed E-state index contributed by atoms with van der Waals surface area (Å²) < 4.78 is 16.3. The van der Waals surface area contributed by atoms with E-state index in [1.54, 1.807) is 39.9 Å². The van der Waals surface area contributed by atoms with Gasteiger partial charge in [0.15, 0.2) is 17.3 Å². The third-order valence-electron chi connectivity index (χ3n) is 5.08. The van der Waals surface area contributed by atoms with Crippen LogP contribution in [0.25, 0.3) is 11.5 Å². The van der Waals surface area contributed by atoms with E-state index in [-0.39, 0.29) is 5.56 Å². The molecule has 9 heteroatoms. The number of fused-ring (bicyclic) bond motifs is 1. The number of H-pyrrole nitrogens is 1. The van der Waals surface area contributed by atoms with Gasteiger partial charge >= 0.3 is 0 Å². The van der Waals surface area contributed by atoms with Crippen molar-refractivity contribution in [3.63, 3.8) is 0 Å². The number of aromatic amines is 1. The molecule has 1 aliphatic heterocycles. The monoisotopic (exact) mass is 409 g/mol. The van der Waals surface area contributed by atoms with Gasteiger partial charge in [-0.05, 0) is 17.7 Å². The highest BCUT2D eigenvalue weighted by Gasteiger charge is 2.23. The Bertz CT molecular complexity index is 1080. The van der Waals surface area contributed by atoms with E-state index in [1.807, 2.05) is 12.1 Å². The zero-order chi connectivity index (χ0) is 21.1. The van der Waals surface area contributed by atoms with E-state index < -0.39 is 0 Å². The predicted molar refractivity (Wildman–Crippen MR) is 110 cm³/mol. The van der Waals surface area contributed by atoms with Crippen molar-refractivity contribution in [3.8, 4) is 28.8 Å². The van der Waals surface area contributed by atoms with Gasteiger partial charge in [0.1, 0.15) is 5.69 Å². The molecule has 3 aromatic rings. The lowest BCUT2D eigenvalue weighted by Gasteiger charge is -2.28. The van der Waals surface area contributed by atoms with Gasteiger partial charge in [0.25, 0.3) is 5.56 Å². The van der Waals surface area contributed by atoms with E-state index in [0.29, 0.717) is 53.8 Å². The summed E-state index contributed by atoms with van der Waals surface area (Å²) in [5, 5.41) is 0. The average molecular weight is 409 g/mol. The number of nitrogens with one attached hydrogen (secondary N) is 1. The molecule has 1 aromatic carbocycles. The van der Waals surface area contributed by atoms with Crippen molar-refractivity contribution < 1.29 is 14.2 Å². The fourth-order valence-corrected chi connectivity index (χ4v) is 3.64. The van der Waals surface area contributed by atoms with Gasteiger partial charge in [-0.1, -0.05) is 0 Å². The summed E-state index contributed by atoms with van der Waals surface area (Å²) in [5.41, 5.74) is 2.91. The van der Waals surface area contributed by atoms with E-state index in [0.717, 1.165) is 17.8 Å². The molecule has 0 radical (unpaired) electrons. The number of benzene rings is 1. The van der Waals surface area contributed by atoms with Crippen molar-refractivity contribution in [2.45, 2.75) is 19.5 Å². The second kappa shape index (κ2) is 8.50. The smallest absolute Gasteiger partial charge is 0.255 e. The Kier molecular flexibility index (Phi) is 5.62. The highest BCUT2D eigenvalue weighted by atomic mass is 16.5.